The molecular formula is C22H22Cl2N6O6. The van der Waals surface area contributed by atoms with E-state index in [0.717, 1.165) is 0 Å². The van der Waals surface area contributed by atoms with Gasteiger partial charge in [-0.1, -0.05) is 29.3 Å². The molecule has 1 aliphatic heterocycles. The normalized spacial score (nSPS) is 14.5. The number of fused-ring (bicyclic) bond motifs is 1. The number of nitro benzene ring substituents is 1. The van der Waals surface area contributed by atoms with Crippen LogP contribution in [-0.4, -0.2) is 43.0 Å². The molecule has 36 heavy (non-hydrogen) atoms. The van der Waals surface area contributed by atoms with Crippen molar-refractivity contribution in [2.45, 2.75) is 44.8 Å². The third-order valence-electron chi connectivity index (χ3n) is 5.51. The van der Waals surface area contributed by atoms with Gasteiger partial charge < -0.3 is 14.6 Å². The number of tetrazole rings is 1. The highest BCUT2D eigenvalue weighted by molar-refractivity contribution is 6.42. The molecule has 1 aliphatic rings. The van der Waals surface area contributed by atoms with Gasteiger partial charge >= 0.3 is 5.97 Å². The first-order chi connectivity index (χ1) is 17.0. The molecule has 0 saturated heterocycles. The number of benzene rings is 2. The van der Waals surface area contributed by atoms with Gasteiger partial charge in [-0.3, -0.25) is 20.2 Å². The van der Waals surface area contributed by atoms with Crippen molar-refractivity contribution in [3.05, 3.63) is 67.4 Å². The van der Waals surface area contributed by atoms with Crippen molar-refractivity contribution in [1.82, 2.24) is 25.5 Å². The van der Waals surface area contributed by atoms with E-state index in [1.54, 1.807) is 18.2 Å². The molecule has 0 bridgehead atoms. The fourth-order valence-corrected chi connectivity index (χ4v) is 4.18. The first-order valence-corrected chi connectivity index (χ1v) is 11.5. The summed E-state index contributed by atoms with van der Waals surface area (Å²) in [6.45, 7) is 5.52. The fraction of sp³-hybridized carbons (Fsp3) is 0.364. The van der Waals surface area contributed by atoms with E-state index in [1.807, 2.05) is 20.8 Å². The number of ether oxygens (including phenoxy) is 2. The molecule has 0 fully saturated rings. The van der Waals surface area contributed by atoms with Crippen molar-refractivity contribution < 1.29 is 24.3 Å². The van der Waals surface area contributed by atoms with Crippen molar-refractivity contribution in [2.24, 2.45) is 0 Å². The van der Waals surface area contributed by atoms with Crippen molar-refractivity contribution in [3.8, 4) is 11.5 Å². The topological polar surface area (TPSA) is 155 Å². The van der Waals surface area contributed by atoms with Crippen LogP contribution in [-0.2, 0) is 10.3 Å². The van der Waals surface area contributed by atoms with Gasteiger partial charge in [0.25, 0.3) is 5.69 Å². The fourth-order valence-electron chi connectivity index (χ4n) is 3.87. The van der Waals surface area contributed by atoms with Crippen LogP contribution in [0.5, 0.6) is 11.5 Å². The van der Waals surface area contributed by atoms with Gasteiger partial charge in [0.1, 0.15) is 6.04 Å². The number of hydrogen-bond donors (Lipinski definition) is 2. The van der Waals surface area contributed by atoms with Gasteiger partial charge in [0.15, 0.2) is 17.3 Å². The Morgan fingerprint density at radius 1 is 1.22 bits per heavy atom. The SMILES string of the molecule is CC(C)(C)n1nnnc1C(NC(CC(=O)O)c1ccc(Cl)c(Cl)c1)c1cc2c(cc1[N+](=O)[O-])OCO2. The van der Waals surface area contributed by atoms with E-state index in [4.69, 9.17) is 32.7 Å². The van der Waals surface area contributed by atoms with Crippen molar-refractivity contribution in [3.63, 3.8) is 0 Å². The zero-order valence-electron chi connectivity index (χ0n) is 19.4. The Balaban J connectivity index is 1.91. The maximum absolute atomic E-state index is 12.1. The predicted molar refractivity (Wildman–Crippen MR) is 128 cm³/mol. The quantitative estimate of drug-likeness (QED) is 0.314. The minimum atomic E-state index is -1.10. The van der Waals surface area contributed by atoms with Gasteiger partial charge in [-0.2, -0.15) is 0 Å². The molecule has 0 spiro atoms. The molecule has 3 aromatic rings. The minimum Gasteiger partial charge on any atom is -0.481 e. The van der Waals surface area contributed by atoms with Crippen molar-refractivity contribution in [1.29, 1.82) is 0 Å². The second-order valence-electron chi connectivity index (χ2n) is 9.06. The molecule has 2 N–H and O–H groups in total. The van der Waals surface area contributed by atoms with E-state index < -0.39 is 28.5 Å². The largest absolute Gasteiger partial charge is 0.481 e. The zero-order chi connectivity index (χ0) is 26.2. The Morgan fingerprint density at radius 3 is 2.53 bits per heavy atom. The van der Waals surface area contributed by atoms with Crippen LogP contribution in [0.1, 0.15) is 56.2 Å². The third kappa shape index (κ3) is 5.20. The van der Waals surface area contributed by atoms with Crippen LogP contribution in [0.25, 0.3) is 0 Å². The molecule has 14 heteroatoms. The van der Waals surface area contributed by atoms with Gasteiger partial charge in [0.2, 0.25) is 6.79 Å². The number of aromatic nitrogens is 4. The van der Waals surface area contributed by atoms with Gasteiger partial charge in [-0.25, -0.2) is 4.68 Å². The molecular weight excluding hydrogens is 515 g/mol. The number of nitro groups is 1. The van der Waals surface area contributed by atoms with E-state index in [1.165, 1.54) is 16.8 Å². The van der Waals surface area contributed by atoms with Gasteiger partial charge in [0, 0.05) is 6.04 Å². The predicted octanol–water partition coefficient (Wildman–Crippen LogP) is 4.27. The molecule has 2 unspecified atom stereocenters. The zero-order valence-corrected chi connectivity index (χ0v) is 20.9. The smallest absolute Gasteiger partial charge is 0.305 e. The summed E-state index contributed by atoms with van der Waals surface area (Å²) >= 11 is 12.3. The standard InChI is InChI=1S/C22H22Cl2N6O6/c1-22(2,3)29-21(26-27-28-29)20(12-7-17-18(36-10-35-17)9-16(12)30(33)34)25-15(8-19(31)32)11-4-5-13(23)14(24)6-11/h4-7,9,15,20,25H,8,10H2,1-3H3,(H,31,32). The summed E-state index contributed by atoms with van der Waals surface area (Å²) in [6, 6.07) is 5.60. The molecule has 1 aromatic heterocycles. The first-order valence-electron chi connectivity index (χ1n) is 10.7. The minimum absolute atomic E-state index is 0.0846. The van der Waals surface area contributed by atoms with E-state index in [0.29, 0.717) is 16.3 Å². The highest BCUT2D eigenvalue weighted by Gasteiger charge is 2.36. The second-order valence-corrected chi connectivity index (χ2v) is 9.88. The highest BCUT2D eigenvalue weighted by Crippen LogP contribution is 2.42. The number of aliphatic carboxylic acids is 1. The molecule has 2 heterocycles. The average Bonchev–Trinajstić information content (AvgIpc) is 3.46. The molecule has 190 valence electrons. The van der Waals surface area contributed by atoms with Gasteiger partial charge in [-0.05, 0) is 55.0 Å². The molecule has 2 atom stereocenters. The Labute approximate surface area is 215 Å². The van der Waals surface area contributed by atoms with E-state index >= 15 is 0 Å². The number of carboxylic acids is 1. The summed E-state index contributed by atoms with van der Waals surface area (Å²) < 4.78 is 12.3. The molecule has 0 amide bonds. The lowest BCUT2D eigenvalue weighted by Crippen LogP contribution is -2.35. The number of nitrogens with zero attached hydrogens (tertiary/aromatic N) is 5. The van der Waals surface area contributed by atoms with Crippen LogP contribution < -0.4 is 14.8 Å². The van der Waals surface area contributed by atoms with Crippen molar-refractivity contribution in [2.75, 3.05) is 6.79 Å². The van der Waals surface area contributed by atoms with Crippen LogP contribution in [0.15, 0.2) is 30.3 Å². The summed E-state index contributed by atoms with van der Waals surface area (Å²) in [7, 11) is 0. The number of halogens is 2. The lowest BCUT2D eigenvalue weighted by atomic mass is 9.97. The summed E-state index contributed by atoms with van der Waals surface area (Å²) in [5, 5.41) is 37.5. The maximum Gasteiger partial charge on any atom is 0.305 e. The van der Waals surface area contributed by atoms with Gasteiger partial charge in [-0.15, -0.1) is 5.10 Å². The molecule has 12 nitrogen and oxygen atoms in total. The van der Waals surface area contributed by atoms with Crippen molar-refractivity contribution >= 4 is 34.9 Å². The van der Waals surface area contributed by atoms with E-state index in [2.05, 4.69) is 20.8 Å². The lowest BCUT2D eigenvalue weighted by molar-refractivity contribution is -0.385. The number of hydrogen-bond acceptors (Lipinski definition) is 9. The van der Waals surface area contributed by atoms with Crippen LogP contribution in [0.3, 0.4) is 0 Å². The molecule has 0 radical (unpaired) electrons. The lowest BCUT2D eigenvalue weighted by Gasteiger charge is -2.28. The first kappa shape index (κ1) is 25.6. The monoisotopic (exact) mass is 536 g/mol. The number of nitrogens with one attached hydrogen (secondary N) is 1. The second kappa shape index (κ2) is 9.88. The Kier molecular flexibility index (Phi) is 7.03. The number of carbonyl (C=O) groups is 1. The Hall–Kier alpha value is -3.48. The number of carboxylic acid groups (broad SMARTS) is 1. The highest BCUT2D eigenvalue weighted by atomic mass is 35.5. The summed E-state index contributed by atoms with van der Waals surface area (Å²) in [5.41, 5.74) is -0.200. The van der Waals surface area contributed by atoms with E-state index in [-0.39, 0.29) is 41.1 Å². The molecule has 0 saturated carbocycles. The molecule has 4 rings (SSSR count). The Morgan fingerprint density at radius 2 is 1.92 bits per heavy atom. The van der Waals surface area contributed by atoms with Crippen LogP contribution in [0.2, 0.25) is 10.0 Å². The maximum atomic E-state index is 12.1. The summed E-state index contributed by atoms with van der Waals surface area (Å²) in [5.74, 6) is -0.333. The Bertz CT molecular complexity index is 1320. The molecule has 2 aromatic carbocycles. The molecule has 0 aliphatic carbocycles. The van der Waals surface area contributed by atoms with Crippen LogP contribution in [0, 0.1) is 10.1 Å². The van der Waals surface area contributed by atoms with Crippen LogP contribution >= 0.6 is 23.2 Å². The number of rotatable bonds is 8. The van der Waals surface area contributed by atoms with E-state index in [9.17, 15) is 20.0 Å². The average molecular weight is 537 g/mol. The van der Waals surface area contributed by atoms with Gasteiger partial charge in [0.05, 0.1) is 38.6 Å². The van der Waals surface area contributed by atoms with Crippen LogP contribution in [0.4, 0.5) is 5.69 Å². The third-order valence-corrected chi connectivity index (χ3v) is 6.25. The summed E-state index contributed by atoms with van der Waals surface area (Å²) in [6.07, 6.45) is -0.371. The summed E-state index contributed by atoms with van der Waals surface area (Å²) in [4.78, 5) is 23.3.